The first-order chi connectivity index (χ1) is 8.22. The SMILES string of the molecule is CC1(C)C=C(c2ccc(N)cc2)CC(C)(C)S1=O. The molecule has 0 aromatic heterocycles. The van der Waals surface area contributed by atoms with Crippen LogP contribution in [0.4, 0.5) is 5.69 Å². The molecule has 0 saturated carbocycles. The number of hydrogen-bond acceptors (Lipinski definition) is 2. The fourth-order valence-corrected chi connectivity index (χ4v) is 4.60. The minimum atomic E-state index is -0.861. The second-order valence-electron chi connectivity index (χ2n) is 6.10. The van der Waals surface area contributed by atoms with Crippen LogP contribution in [0, 0.1) is 0 Å². The van der Waals surface area contributed by atoms with Gasteiger partial charge in [-0.3, -0.25) is 4.21 Å². The van der Waals surface area contributed by atoms with Crippen LogP contribution < -0.4 is 5.73 Å². The molecule has 0 radical (unpaired) electrons. The molecule has 1 aliphatic rings. The Kier molecular flexibility index (Phi) is 3.14. The fourth-order valence-electron chi connectivity index (χ4n) is 2.64. The molecule has 1 heterocycles. The van der Waals surface area contributed by atoms with E-state index in [1.807, 2.05) is 38.1 Å². The highest BCUT2D eigenvalue weighted by molar-refractivity contribution is 7.88. The van der Waals surface area contributed by atoms with E-state index in [2.05, 4.69) is 19.9 Å². The van der Waals surface area contributed by atoms with Crippen molar-refractivity contribution in [2.24, 2.45) is 0 Å². The molecule has 18 heavy (non-hydrogen) atoms. The zero-order valence-corrected chi connectivity index (χ0v) is 12.3. The third-order valence-corrected chi connectivity index (χ3v) is 5.62. The Morgan fingerprint density at radius 3 is 2.17 bits per heavy atom. The maximum absolute atomic E-state index is 12.4. The van der Waals surface area contributed by atoms with E-state index in [1.165, 1.54) is 11.1 Å². The molecule has 0 spiro atoms. The molecule has 0 fully saturated rings. The summed E-state index contributed by atoms with van der Waals surface area (Å²) in [7, 11) is -0.861. The van der Waals surface area contributed by atoms with E-state index in [0.29, 0.717) is 0 Å². The predicted molar refractivity (Wildman–Crippen MR) is 79.7 cm³/mol. The molecule has 1 aromatic carbocycles. The molecule has 1 aromatic rings. The molecule has 1 atom stereocenters. The number of anilines is 1. The molecule has 0 aliphatic carbocycles. The van der Waals surface area contributed by atoms with Crippen molar-refractivity contribution in [1.82, 2.24) is 0 Å². The maximum Gasteiger partial charge on any atom is 0.0593 e. The van der Waals surface area contributed by atoms with Gasteiger partial charge in [0.05, 0.1) is 4.75 Å². The van der Waals surface area contributed by atoms with Crippen LogP contribution in [-0.4, -0.2) is 13.7 Å². The topological polar surface area (TPSA) is 43.1 Å². The van der Waals surface area contributed by atoms with Crippen LogP contribution in [0.15, 0.2) is 30.3 Å². The van der Waals surface area contributed by atoms with Gasteiger partial charge in [-0.1, -0.05) is 18.2 Å². The number of rotatable bonds is 1. The predicted octanol–water partition coefficient (Wildman–Crippen LogP) is 3.36. The van der Waals surface area contributed by atoms with Crippen LogP contribution in [0.2, 0.25) is 0 Å². The minimum Gasteiger partial charge on any atom is -0.399 e. The number of nitrogen functional groups attached to an aromatic ring is 1. The number of hydrogen-bond donors (Lipinski definition) is 1. The van der Waals surface area contributed by atoms with Crippen molar-refractivity contribution in [2.45, 2.75) is 43.6 Å². The van der Waals surface area contributed by atoms with Gasteiger partial charge in [0.25, 0.3) is 0 Å². The van der Waals surface area contributed by atoms with Crippen LogP contribution in [0.3, 0.4) is 0 Å². The maximum atomic E-state index is 12.4. The van der Waals surface area contributed by atoms with Gasteiger partial charge in [-0.15, -0.1) is 0 Å². The lowest BCUT2D eigenvalue weighted by molar-refractivity contribution is 0.600. The summed E-state index contributed by atoms with van der Waals surface area (Å²) in [6.07, 6.45) is 2.99. The molecule has 2 rings (SSSR count). The quantitative estimate of drug-likeness (QED) is 0.789. The van der Waals surface area contributed by atoms with Crippen molar-refractivity contribution in [2.75, 3.05) is 5.73 Å². The number of nitrogens with two attached hydrogens (primary N) is 1. The molecule has 3 heteroatoms. The van der Waals surface area contributed by atoms with E-state index in [9.17, 15) is 4.21 Å². The molecule has 1 unspecified atom stereocenters. The van der Waals surface area contributed by atoms with Crippen molar-refractivity contribution in [3.8, 4) is 0 Å². The van der Waals surface area contributed by atoms with Gasteiger partial charge in [0.2, 0.25) is 0 Å². The van der Waals surface area contributed by atoms with Gasteiger partial charge in [-0.05, 0) is 57.4 Å². The fraction of sp³-hybridized carbons (Fsp3) is 0.467. The normalized spacial score (nSPS) is 25.6. The van der Waals surface area contributed by atoms with Crippen molar-refractivity contribution in [1.29, 1.82) is 0 Å². The third-order valence-electron chi connectivity index (χ3n) is 3.40. The molecular formula is C15H21NOS. The van der Waals surface area contributed by atoms with E-state index in [0.717, 1.165) is 12.1 Å². The zero-order valence-electron chi connectivity index (χ0n) is 11.5. The highest BCUT2D eigenvalue weighted by Crippen LogP contribution is 2.41. The Morgan fingerprint density at radius 2 is 1.67 bits per heavy atom. The summed E-state index contributed by atoms with van der Waals surface area (Å²) in [5, 5.41) is 0. The van der Waals surface area contributed by atoms with Crippen molar-refractivity contribution >= 4 is 22.1 Å². The lowest BCUT2D eigenvalue weighted by Gasteiger charge is -2.38. The molecule has 1 aliphatic heterocycles. The molecule has 0 bridgehead atoms. The van der Waals surface area contributed by atoms with E-state index in [1.54, 1.807) is 0 Å². The average Bonchev–Trinajstić information content (AvgIpc) is 2.26. The van der Waals surface area contributed by atoms with Crippen LogP contribution in [-0.2, 0) is 10.8 Å². The smallest absolute Gasteiger partial charge is 0.0593 e. The Labute approximate surface area is 112 Å². The van der Waals surface area contributed by atoms with E-state index in [-0.39, 0.29) is 9.49 Å². The van der Waals surface area contributed by atoms with Crippen molar-refractivity contribution in [3.63, 3.8) is 0 Å². The number of benzene rings is 1. The Bertz CT molecular complexity index is 512. The zero-order chi connectivity index (χ0) is 13.6. The highest BCUT2D eigenvalue weighted by atomic mass is 32.2. The average molecular weight is 263 g/mol. The molecule has 98 valence electrons. The van der Waals surface area contributed by atoms with E-state index < -0.39 is 10.8 Å². The Morgan fingerprint density at radius 1 is 1.11 bits per heavy atom. The molecular weight excluding hydrogens is 242 g/mol. The molecule has 0 amide bonds. The summed E-state index contributed by atoms with van der Waals surface area (Å²) >= 11 is 0. The second kappa shape index (κ2) is 4.23. The van der Waals surface area contributed by atoms with Gasteiger partial charge in [0, 0.05) is 21.2 Å². The van der Waals surface area contributed by atoms with Crippen molar-refractivity contribution < 1.29 is 4.21 Å². The minimum absolute atomic E-state index is 0.186. The van der Waals surface area contributed by atoms with Crippen LogP contribution in [0.5, 0.6) is 0 Å². The summed E-state index contributed by atoms with van der Waals surface area (Å²) in [6.45, 7) is 8.24. The van der Waals surface area contributed by atoms with Crippen molar-refractivity contribution in [3.05, 3.63) is 35.9 Å². The summed E-state index contributed by atoms with van der Waals surface area (Å²) in [5.41, 5.74) is 8.94. The molecule has 0 saturated heterocycles. The van der Waals surface area contributed by atoms with Gasteiger partial charge >= 0.3 is 0 Å². The number of allylic oxidation sites excluding steroid dienone is 1. The summed E-state index contributed by atoms with van der Waals surface area (Å²) in [6, 6.07) is 7.92. The van der Waals surface area contributed by atoms with Gasteiger partial charge in [-0.25, -0.2) is 0 Å². The standard InChI is InChI=1S/C15H21NOS/c1-14(2)9-12(10-15(3,4)18(14)17)11-5-7-13(16)8-6-11/h5-9H,10,16H2,1-4H3. The second-order valence-corrected chi connectivity index (χ2v) is 8.80. The van der Waals surface area contributed by atoms with Crippen LogP contribution in [0.1, 0.15) is 39.7 Å². The van der Waals surface area contributed by atoms with Gasteiger partial charge in [-0.2, -0.15) is 0 Å². The first kappa shape index (κ1) is 13.3. The lowest BCUT2D eigenvalue weighted by Crippen LogP contribution is -2.42. The largest absolute Gasteiger partial charge is 0.399 e. The Hall–Kier alpha value is -1.09. The lowest BCUT2D eigenvalue weighted by atomic mass is 9.92. The van der Waals surface area contributed by atoms with Crippen LogP contribution >= 0.6 is 0 Å². The molecule has 2 nitrogen and oxygen atoms in total. The summed E-state index contributed by atoms with van der Waals surface area (Å²) < 4.78 is 12.0. The van der Waals surface area contributed by atoms with Gasteiger partial charge in [0.1, 0.15) is 0 Å². The Balaban J connectivity index is 2.46. The van der Waals surface area contributed by atoms with Gasteiger partial charge in [0.15, 0.2) is 0 Å². The van der Waals surface area contributed by atoms with Gasteiger partial charge < -0.3 is 5.73 Å². The molecule has 2 N–H and O–H groups in total. The summed E-state index contributed by atoms with van der Waals surface area (Å²) in [5.74, 6) is 0. The first-order valence-corrected chi connectivity index (χ1v) is 7.37. The monoisotopic (exact) mass is 263 g/mol. The summed E-state index contributed by atoms with van der Waals surface area (Å²) in [4.78, 5) is 0. The first-order valence-electron chi connectivity index (χ1n) is 6.22. The van der Waals surface area contributed by atoms with E-state index >= 15 is 0 Å². The van der Waals surface area contributed by atoms with Crippen LogP contribution in [0.25, 0.3) is 5.57 Å². The highest BCUT2D eigenvalue weighted by Gasteiger charge is 2.41. The third kappa shape index (κ3) is 2.37. The van der Waals surface area contributed by atoms with E-state index in [4.69, 9.17) is 5.73 Å².